The minimum Gasteiger partial charge on any atom is -0.0984 e. The number of rotatable bonds is 3. The molecule has 1 atom stereocenters. The van der Waals surface area contributed by atoms with Gasteiger partial charge in [0.1, 0.15) is 0 Å². The molecule has 0 fully saturated rings. The lowest BCUT2D eigenvalue weighted by Gasteiger charge is -2.16. The van der Waals surface area contributed by atoms with Crippen LogP contribution < -0.4 is 0 Å². The summed E-state index contributed by atoms with van der Waals surface area (Å²) in [6, 6.07) is 22.0. The summed E-state index contributed by atoms with van der Waals surface area (Å²) in [5.74, 6) is 0.866. The van der Waals surface area contributed by atoms with E-state index in [2.05, 4.69) is 133 Å². The topological polar surface area (TPSA) is 0 Å². The summed E-state index contributed by atoms with van der Waals surface area (Å²) >= 11 is 0. The van der Waals surface area contributed by atoms with Gasteiger partial charge >= 0.3 is 0 Å². The molecule has 4 aromatic carbocycles. The highest BCUT2D eigenvalue weighted by molar-refractivity contribution is 6.26. The van der Waals surface area contributed by atoms with E-state index >= 15 is 0 Å². The van der Waals surface area contributed by atoms with Crippen LogP contribution in [0.1, 0.15) is 65.0 Å². The van der Waals surface area contributed by atoms with Crippen molar-refractivity contribution in [3.05, 3.63) is 114 Å². The average molecular weight is 475 g/mol. The summed E-state index contributed by atoms with van der Waals surface area (Å²) < 4.78 is 0. The molecule has 1 unspecified atom stereocenters. The Bertz CT molecular complexity index is 1390. The van der Waals surface area contributed by atoms with E-state index in [1.54, 1.807) is 0 Å². The lowest BCUT2D eigenvalue weighted by molar-refractivity contribution is 0.701. The Hall–Kier alpha value is -3.38. The van der Waals surface area contributed by atoms with Crippen molar-refractivity contribution in [3.63, 3.8) is 0 Å². The first-order chi connectivity index (χ1) is 17.5. The van der Waals surface area contributed by atoms with Gasteiger partial charge in [-0.25, -0.2) is 0 Å². The van der Waals surface area contributed by atoms with E-state index in [-0.39, 0.29) is 0 Å². The van der Waals surface area contributed by atoms with Crippen LogP contribution in [0, 0.1) is 12.8 Å². The van der Waals surface area contributed by atoms with Crippen LogP contribution in [-0.4, -0.2) is 0 Å². The summed E-state index contributed by atoms with van der Waals surface area (Å²) in [6.07, 6.45) is 14.7. The molecule has 0 nitrogen and oxygen atoms in total. The Kier molecular flexibility index (Phi) is 9.88. The molecule has 0 N–H and O–H groups in total. The number of hydrogen-bond acceptors (Lipinski definition) is 0. The minimum absolute atomic E-state index is 0.866. The Labute approximate surface area is 218 Å². The van der Waals surface area contributed by atoms with E-state index in [1.807, 2.05) is 6.08 Å². The van der Waals surface area contributed by atoms with Crippen molar-refractivity contribution in [2.45, 2.75) is 60.8 Å². The van der Waals surface area contributed by atoms with Gasteiger partial charge in [-0.3, -0.25) is 0 Å². The second-order valence-electron chi connectivity index (χ2n) is 9.74. The van der Waals surface area contributed by atoms with Gasteiger partial charge in [0, 0.05) is 0 Å². The van der Waals surface area contributed by atoms with Gasteiger partial charge in [-0.15, -0.1) is 0 Å². The number of hydrogen-bond donors (Lipinski definition) is 0. The molecule has 1 aliphatic rings. The number of allylic oxidation sites excluding steroid dienone is 7. The Morgan fingerprint density at radius 1 is 0.889 bits per heavy atom. The van der Waals surface area contributed by atoms with Crippen LogP contribution in [0.3, 0.4) is 0 Å². The lowest BCUT2D eigenvalue weighted by Crippen LogP contribution is -1.93. The van der Waals surface area contributed by atoms with Crippen molar-refractivity contribution in [3.8, 4) is 0 Å². The predicted octanol–water partition coefficient (Wildman–Crippen LogP) is 11.4. The Morgan fingerprint density at radius 2 is 1.42 bits per heavy atom. The zero-order valence-corrected chi connectivity index (χ0v) is 23.1. The molecule has 4 aromatic rings. The van der Waals surface area contributed by atoms with Crippen LogP contribution in [0.25, 0.3) is 37.9 Å². The SMILES string of the molecule is C=C/C(=C(C)\C=C/C)c1ccc2c3ccccc3c3ccccc3c2c1C.CC1C=CCC1.CCC. The molecule has 1 aliphatic carbocycles. The molecular weight excluding hydrogens is 432 g/mol. The normalized spacial score (nSPS) is 15.4. The van der Waals surface area contributed by atoms with Gasteiger partial charge in [0.05, 0.1) is 0 Å². The zero-order valence-electron chi connectivity index (χ0n) is 23.1. The van der Waals surface area contributed by atoms with E-state index < -0.39 is 0 Å². The summed E-state index contributed by atoms with van der Waals surface area (Å²) in [5.41, 5.74) is 5.01. The van der Waals surface area contributed by atoms with E-state index in [0.717, 1.165) is 5.92 Å². The fourth-order valence-corrected chi connectivity index (χ4v) is 5.07. The van der Waals surface area contributed by atoms with Crippen LogP contribution in [0.5, 0.6) is 0 Å². The predicted molar refractivity (Wildman–Crippen MR) is 165 cm³/mol. The molecule has 0 amide bonds. The van der Waals surface area contributed by atoms with Gasteiger partial charge in [-0.2, -0.15) is 0 Å². The number of benzene rings is 4. The van der Waals surface area contributed by atoms with E-state index in [1.165, 1.54) is 73.9 Å². The number of aryl methyl sites for hydroxylation is 1. The maximum atomic E-state index is 4.08. The van der Waals surface area contributed by atoms with Crippen LogP contribution in [-0.2, 0) is 0 Å². The molecule has 0 saturated heterocycles. The van der Waals surface area contributed by atoms with Crippen LogP contribution in [0.15, 0.2) is 103 Å². The summed E-state index contributed by atoms with van der Waals surface area (Å²) in [6.45, 7) is 17.0. The standard InChI is InChI=1S/C27H24.C6H10.C3H8/c1-5-11-18(3)20(6-2)21-16-17-26-24-14-8-7-12-22(24)23-13-9-10-15-25(23)27(26)19(21)4;1-6-4-2-3-5-6;1-3-2/h5-17H,2H2,1,3-4H3;2,4,6H,3,5H2,1H3;3H2,1-2H3/b11-5-,20-18+;;. The summed E-state index contributed by atoms with van der Waals surface area (Å²) in [4.78, 5) is 0. The van der Waals surface area contributed by atoms with Crippen molar-refractivity contribution in [2.75, 3.05) is 0 Å². The van der Waals surface area contributed by atoms with Crippen LogP contribution >= 0.6 is 0 Å². The van der Waals surface area contributed by atoms with Crippen molar-refractivity contribution >= 4 is 37.9 Å². The molecule has 0 bridgehead atoms. The van der Waals surface area contributed by atoms with Crippen LogP contribution in [0.4, 0.5) is 0 Å². The molecule has 36 heavy (non-hydrogen) atoms. The van der Waals surface area contributed by atoms with Gasteiger partial charge in [0.2, 0.25) is 0 Å². The first-order valence-corrected chi connectivity index (χ1v) is 13.4. The first-order valence-electron chi connectivity index (χ1n) is 13.4. The van der Waals surface area contributed by atoms with Crippen molar-refractivity contribution < 1.29 is 0 Å². The molecule has 0 radical (unpaired) electrons. The molecule has 5 rings (SSSR count). The molecule has 0 heteroatoms. The highest BCUT2D eigenvalue weighted by Gasteiger charge is 2.14. The molecule has 0 spiro atoms. The summed E-state index contributed by atoms with van der Waals surface area (Å²) in [5, 5.41) is 7.92. The largest absolute Gasteiger partial charge is 0.0984 e. The van der Waals surface area contributed by atoms with Gasteiger partial charge in [-0.1, -0.05) is 125 Å². The average Bonchev–Trinajstić information content (AvgIpc) is 3.37. The third-order valence-corrected chi connectivity index (χ3v) is 6.76. The molecular formula is C36H42. The second-order valence-corrected chi connectivity index (χ2v) is 9.74. The Morgan fingerprint density at radius 3 is 1.86 bits per heavy atom. The van der Waals surface area contributed by atoms with E-state index in [4.69, 9.17) is 0 Å². The smallest absolute Gasteiger partial charge is 0.00635 e. The van der Waals surface area contributed by atoms with Gasteiger partial charge in [-0.05, 0) is 94.1 Å². The fourth-order valence-electron chi connectivity index (χ4n) is 5.07. The lowest BCUT2D eigenvalue weighted by atomic mass is 9.87. The Balaban J connectivity index is 0.000000341. The quantitative estimate of drug-likeness (QED) is 0.157. The fraction of sp³-hybridized carbons (Fsp3) is 0.278. The second kappa shape index (κ2) is 13.1. The maximum absolute atomic E-state index is 4.08. The minimum atomic E-state index is 0.866. The van der Waals surface area contributed by atoms with E-state index in [9.17, 15) is 0 Å². The van der Waals surface area contributed by atoms with Crippen molar-refractivity contribution in [2.24, 2.45) is 5.92 Å². The highest BCUT2D eigenvalue weighted by atomic mass is 14.2. The molecule has 0 heterocycles. The van der Waals surface area contributed by atoms with Gasteiger partial charge < -0.3 is 0 Å². The third-order valence-electron chi connectivity index (χ3n) is 6.76. The van der Waals surface area contributed by atoms with Crippen LogP contribution in [0.2, 0.25) is 0 Å². The zero-order chi connectivity index (χ0) is 26.1. The van der Waals surface area contributed by atoms with Crippen molar-refractivity contribution in [1.82, 2.24) is 0 Å². The molecule has 0 saturated carbocycles. The summed E-state index contributed by atoms with van der Waals surface area (Å²) in [7, 11) is 0. The molecule has 186 valence electrons. The molecule has 0 aromatic heterocycles. The molecule has 0 aliphatic heterocycles. The number of fused-ring (bicyclic) bond motifs is 6. The maximum Gasteiger partial charge on any atom is -0.00635 e. The highest BCUT2D eigenvalue weighted by Crippen LogP contribution is 2.39. The third kappa shape index (κ3) is 5.88. The first kappa shape index (κ1) is 27.2. The van der Waals surface area contributed by atoms with Gasteiger partial charge in [0.15, 0.2) is 0 Å². The monoisotopic (exact) mass is 474 g/mol. The van der Waals surface area contributed by atoms with Crippen molar-refractivity contribution in [1.29, 1.82) is 0 Å². The van der Waals surface area contributed by atoms with E-state index in [0.29, 0.717) is 0 Å². The van der Waals surface area contributed by atoms with Gasteiger partial charge in [0.25, 0.3) is 0 Å².